The third-order valence-electron chi connectivity index (χ3n) is 7.12. The minimum Gasteiger partial charge on any atom is -0.457 e. The number of non-ortho nitro benzene ring substituents is 1. The van der Waals surface area contributed by atoms with Gasteiger partial charge in [-0.2, -0.15) is 5.01 Å². The number of hydrazine groups is 1. The number of hydrogen-bond donors (Lipinski definition) is 0. The molecule has 1 aliphatic carbocycles. The molecule has 3 amide bonds. The van der Waals surface area contributed by atoms with Crippen LogP contribution in [-0.4, -0.2) is 45.0 Å². The van der Waals surface area contributed by atoms with Crippen LogP contribution in [0.25, 0.3) is 0 Å². The smallest absolute Gasteiger partial charge is 0.273 e. The number of Topliss-reactive ketones (excluding diaryl/α,β-unsaturated/α-hetero) is 1. The van der Waals surface area contributed by atoms with E-state index in [4.69, 9.17) is 16.3 Å². The summed E-state index contributed by atoms with van der Waals surface area (Å²) in [6.45, 7) is 1.35. The Labute approximate surface area is 239 Å². The molecule has 3 aromatic carbocycles. The van der Waals surface area contributed by atoms with E-state index >= 15 is 0 Å². The van der Waals surface area contributed by atoms with Crippen LogP contribution in [0.4, 0.5) is 5.69 Å². The highest BCUT2D eigenvalue weighted by molar-refractivity contribution is 6.30. The molecule has 0 bridgehead atoms. The van der Waals surface area contributed by atoms with Gasteiger partial charge in [0.2, 0.25) is 0 Å². The molecular formula is C30H24ClN3O7. The molecule has 0 spiro atoms. The summed E-state index contributed by atoms with van der Waals surface area (Å²) in [6.07, 6.45) is 2.73. The zero-order valence-electron chi connectivity index (χ0n) is 21.9. The molecule has 2 atom stereocenters. The first kappa shape index (κ1) is 27.7. The molecule has 0 N–H and O–H groups in total. The van der Waals surface area contributed by atoms with Gasteiger partial charge in [0.1, 0.15) is 18.0 Å². The highest BCUT2D eigenvalue weighted by Gasteiger charge is 2.51. The number of fused-ring (bicyclic) bond motifs is 1. The van der Waals surface area contributed by atoms with Crippen molar-refractivity contribution < 1.29 is 28.8 Å². The van der Waals surface area contributed by atoms with Gasteiger partial charge in [-0.1, -0.05) is 23.3 Å². The number of benzene rings is 3. The normalized spacial score (nSPS) is 18.0. The highest BCUT2D eigenvalue weighted by atomic mass is 35.5. The average molecular weight is 574 g/mol. The second kappa shape index (κ2) is 11.3. The molecule has 1 fully saturated rings. The van der Waals surface area contributed by atoms with Gasteiger partial charge in [0.25, 0.3) is 23.4 Å². The Hall–Kier alpha value is -4.83. The van der Waals surface area contributed by atoms with Crippen molar-refractivity contribution in [1.82, 2.24) is 10.0 Å². The van der Waals surface area contributed by atoms with Gasteiger partial charge in [0.05, 0.1) is 16.8 Å². The number of rotatable bonds is 8. The van der Waals surface area contributed by atoms with Crippen LogP contribution in [0.3, 0.4) is 0 Å². The van der Waals surface area contributed by atoms with E-state index in [1.807, 2.05) is 13.0 Å². The SMILES string of the molecule is CC1=CC[C@@H]2C(=O)N(N(CC(=O)c3ccc(Oc4ccc([N+](=O)[O-])cc4)cc3)C(=O)c3ccc(Cl)cc3)C(=O)[C@H]2C1. The zero-order valence-corrected chi connectivity index (χ0v) is 22.6. The number of allylic oxidation sites excluding steroid dienone is 2. The zero-order chi connectivity index (χ0) is 29.3. The number of halogens is 1. The fraction of sp³-hybridized carbons (Fsp3) is 0.200. The Morgan fingerprint density at radius 2 is 1.49 bits per heavy atom. The number of ether oxygens (including phenoxy) is 1. The first-order valence-electron chi connectivity index (χ1n) is 12.8. The van der Waals surface area contributed by atoms with Crippen LogP contribution < -0.4 is 4.74 Å². The van der Waals surface area contributed by atoms with Gasteiger partial charge in [-0.25, -0.2) is 5.01 Å². The summed E-state index contributed by atoms with van der Waals surface area (Å²) in [5, 5.41) is 13.0. The molecule has 208 valence electrons. The van der Waals surface area contributed by atoms with Crippen LogP contribution in [-0.2, 0) is 9.59 Å². The van der Waals surface area contributed by atoms with Gasteiger partial charge in [-0.05, 0) is 80.4 Å². The lowest BCUT2D eigenvalue weighted by molar-refractivity contribution is -0.384. The summed E-state index contributed by atoms with van der Waals surface area (Å²) in [7, 11) is 0. The van der Waals surface area contributed by atoms with Crippen molar-refractivity contribution in [2.24, 2.45) is 11.8 Å². The first-order valence-corrected chi connectivity index (χ1v) is 13.2. The van der Waals surface area contributed by atoms with Crippen LogP contribution in [0, 0.1) is 22.0 Å². The van der Waals surface area contributed by atoms with Gasteiger partial charge >= 0.3 is 0 Å². The number of nitro groups is 1. The summed E-state index contributed by atoms with van der Waals surface area (Å²) in [6, 6.07) is 17.6. The fourth-order valence-electron chi connectivity index (χ4n) is 4.94. The molecule has 5 rings (SSSR count). The molecule has 0 unspecified atom stereocenters. The van der Waals surface area contributed by atoms with Crippen molar-refractivity contribution in [1.29, 1.82) is 0 Å². The third-order valence-corrected chi connectivity index (χ3v) is 7.37. The average Bonchev–Trinajstić information content (AvgIpc) is 3.20. The number of carbonyl (C=O) groups is 4. The summed E-state index contributed by atoms with van der Waals surface area (Å²) in [4.78, 5) is 64.1. The Kier molecular flexibility index (Phi) is 7.67. The maximum Gasteiger partial charge on any atom is 0.273 e. The minimum atomic E-state index is -0.682. The van der Waals surface area contributed by atoms with E-state index in [-0.39, 0.29) is 16.8 Å². The second-order valence-electron chi connectivity index (χ2n) is 9.86. The fourth-order valence-corrected chi connectivity index (χ4v) is 5.07. The molecule has 1 aliphatic heterocycles. The third kappa shape index (κ3) is 5.73. The van der Waals surface area contributed by atoms with Crippen molar-refractivity contribution in [2.45, 2.75) is 19.8 Å². The summed E-state index contributed by atoms with van der Waals surface area (Å²) < 4.78 is 5.70. The topological polar surface area (TPSA) is 127 Å². The molecule has 41 heavy (non-hydrogen) atoms. The summed E-state index contributed by atoms with van der Waals surface area (Å²) in [5.74, 6) is -2.62. The predicted molar refractivity (Wildman–Crippen MR) is 148 cm³/mol. The van der Waals surface area contributed by atoms with Crippen LogP contribution in [0.1, 0.15) is 40.5 Å². The number of amides is 3. The molecular weight excluding hydrogens is 550 g/mol. The molecule has 0 radical (unpaired) electrons. The molecule has 0 saturated carbocycles. The van der Waals surface area contributed by atoms with Crippen LogP contribution in [0.2, 0.25) is 5.02 Å². The standard InChI is InChI=1S/C30H24ClN3O7/c1-18-2-15-25-26(16-18)30(38)33(29(25)37)32(28(36)20-3-7-21(31)8-4-20)17-27(35)19-5-11-23(12-6-19)41-24-13-9-22(10-14-24)34(39)40/h2-14,25-26H,15-17H2,1H3/t25-,26-/m0/s1. The molecule has 3 aromatic rings. The van der Waals surface area contributed by atoms with E-state index in [0.717, 1.165) is 15.6 Å². The van der Waals surface area contributed by atoms with E-state index in [0.29, 0.717) is 29.4 Å². The van der Waals surface area contributed by atoms with Gasteiger partial charge in [0, 0.05) is 28.3 Å². The monoisotopic (exact) mass is 573 g/mol. The lowest BCUT2D eigenvalue weighted by Crippen LogP contribution is -2.52. The van der Waals surface area contributed by atoms with Crippen molar-refractivity contribution in [3.63, 3.8) is 0 Å². The molecule has 11 heteroatoms. The number of imide groups is 1. The molecule has 10 nitrogen and oxygen atoms in total. The van der Waals surface area contributed by atoms with Crippen molar-refractivity contribution in [3.8, 4) is 11.5 Å². The van der Waals surface area contributed by atoms with E-state index in [2.05, 4.69) is 0 Å². The summed E-state index contributed by atoms with van der Waals surface area (Å²) >= 11 is 5.97. The lowest BCUT2D eigenvalue weighted by atomic mass is 9.82. The van der Waals surface area contributed by atoms with Crippen molar-refractivity contribution >= 4 is 40.8 Å². The Balaban J connectivity index is 1.37. The van der Waals surface area contributed by atoms with Crippen LogP contribution in [0.15, 0.2) is 84.4 Å². The molecule has 1 heterocycles. The number of ketones is 1. The molecule has 0 aromatic heterocycles. The largest absolute Gasteiger partial charge is 0.457 e. The molecule has 1 saturated heterocycles. The Morgan fingerprint density at radius 1 is 0.927 bits per heavy atom. The quantitative estimate of drug-likeness (QED) is 0.112. The Morgan fingerprint density at radius 3 is 2.10 bits per heavy atom. The van der Waals surface area contributed by atoms with Crippen molar-refractivity contribution in [2.75, 3.05) is 6.54 Å². The van der Waals surface area contributed by atoms with Gasteiger partial charge < -0.3 is 4.74 Å². The number of nitrogens with zero attached hydrogens (tertiary/aromatic N) is 3. The number of hydrogen-bond acceptors (Lipinski definition) is 7. The minimum absolute atomic E-state index is 0.0726. The lowest BCUT2D eigenvalue weighted by Gasteiger charge is -2.30. The van der Waals surface area contributed by atoms with Crippen LogP contribution >= 0.6 is 11.6 Å². The van der Waals surface area contributed by atoms with Crippen LogP contribution in [0.5, 0.6) is 11.5 Å². The second-order valence-corrected chi connectivity index (χ2v) is 10.3. The number of nitro benzene ring substituents is 1. The van der Waals surface area contributed by atoms with Gasteiger partial charge in [0.15, 0.2) is 5.78 Å². The van der Waals surface area contributed by atoms with E-state index in [1.54, 1.807) is 0 Å². The first-order chi connectivity index (χ1) is 19.6. The van der Waals surface area contributed by atoms with E-state index in [1.165, 1.54) is 72.8 Å². The van der Waals surface area contributed by atoms with E-state index < -0.39 is 46.8 Å². The molecule has 2 aliphatic rings. The maximum absolute atomic E-state index is 13.6. The predicted octanol–water partition coefficient (Wildman–Crippen LogP) is 5.62. The van der Waals surface area contributed by atoms with E-state index in [9.17, 15) is 29.3 Å². The van der Waals surface area contributed by atoms with Gasteiger partial charge in [-0.3, -0.25) is 29.3 Å². The maximum atomic E-state index is 13.6. The van der Waals surface area contributed by atoms with Gasteiger partial charge in [-0.15, -0.1) is 0 Å². The Bertz CT molecular complexity index is 1570. The number of carbonyl (C=O) groups excluding carboxylic acids is 4. The highest BCUT2D eigenvalue weighted by Crippen LogP contribution is 2.38. The van der Waals surface area contributed by atoms with Crippen molar-refractivity contribution in [3.05, 3.63) is 111 Å². The summed E-state index contributed by atoms with van der Waals surface area (Å²) in [5.41, 5.74) is 1.32.